The lowest BCUT2D eigenvalue weighted by atomic mass is 10.1. The largest absolute Gasteiger partial charge is 0.463 e. The van der Waals surface area contributed by atoms with Crippen molar-refractivity contribution in [3.8, 4) is 6.07 Å². The Morgan fingerprint density at radius 3 is 2.28 bits per heavy atom. The Bertz CT molecular complexity index is 860. The van der Waals surface area contributed by atoms with Crippen LogP contribution in [-0.2, 0) is 39.8 Å². The molecule has 13 heteroatoms. The minimum atomic E-state index is -1.23. The van der Waals surface area contributed by atoms with E-state index in [0.29, 0.717) is 0 Å². The number of carbonyl (C=O) groups excluding carboxylic acids is 4. The summed E-state index contributed by atoms with van der Waals surface area (Å²) in [4.78, 5) is 45.9. The Kier molecular flexibility index (Phi) is 6.84. The Morgan fingerprint density at radius 1 is 1.14 bits per heavy atom. The molecule has 0 spiro atoms. The molecule has 29 heavy (non-hydrogen) atoms. The third-order valence-corrected chi connectivity index (χ3v) is 3.85. The van der Waals surface area contributed by atoms with Gasteiger partial charge < -0.3 is 24.7 Å². The molecule has 2 heterocycles. The third-order valence-electron chi connectivity index (χ3n) is 3.85. The van der Waals surface area contributed by atoms with Gasteiger partial charge in [0.15, 0.2) is 24.1 Å². The number of primary amides is 1. The standard InChI is InChI=1S/C16H19N5O8/c1-7(22)26-6-11-13(27-8(2)23)14(28-9(3)24)16(29-11)21-10(4-5-17)12(15(18)25)19-20-21/h11,13-14,16H,4,6H2,1-3H3,(H2,18,25)/t11-,13-,14-,16-/m1/s1. The number of nitrogens with zero attached hydrogens (tertiary/aromatic N) is 4. The molecule has 1 fully saturated rings. The van der Waals surface area contributed by atoms with E-state index < -0.39 is 48.4 Å². The van der Waals surface area contributed by atoms with E-state index in [1.807, 2.05) is 6.07 Å². The molecule has 0 saturated carbocycles. The number of amides is 1. The van der Waals surface area contributed by atoms with Crippen molar-refractivity contribution < 1.29 is 38.1 Å². The second-order valence-corrected chi connectivity index (χ2v) is 6.04. The molecule has 0 unspecified atom stereocenters. The summed E-state index contributed by atoms with van der Waals surface area (Å²) in [7, 11) is 0. The predicted molar refractivity (Wildman–Crippen MR) is 89.5 cm³/mol. The summed E-state index contributed by atoms with van der Waals surface area (Å²) in [6.45, 7) is 3.14. The van der Waals surface area contributed by atoms with Crippen LogP contribution in [0.4, 0.5) is 0 Å². The number of esters is 3. The maximum atomic E-state index is 11.6. The maximum absolute atomic E-state index is 11.6. The Labute approximate surface area is 164 Å². The van der Waals surface area contributed by atoms with Gasteiger partial charge >= 0.3 is 17.9 Å². The summed E-state index contributed by atoms with van der Waals surface area (Å²) in [5.41, 5.74) is 5.02. The van der Waals surface area contributed by atoms with E-state index in [1.54, 1.807) is 0 Å². The number of rotatable bonds is 7. The SMILES string of the molecule is CC(=O)OC[C@H]1O[C@@H](n2nnc(C(N)=O)c2CC#N)[C@H](OC(C)=O)[C@@H]1OC(C)=O. The van der Waals surface area contributed by atoms with E-state index in [9.17, 15) is 19.2 Å². The van der Waals surface area contributed by atoms with E-state index in [1.165, 1.54) is 6.92 Å². The average Bonchev–Trinajstić information content (AvgIpc) is 3.15. The number of nitrogens with two attached hydrogens (primary N) is 1. The smallest absolute Gasteiger partial charge is 0.303 e. The molecular weight excluding hydrogens is 390 g/mol. The first-order valence-electron chi connectivity index (χ1n) is 8.39. The number of ether oxygens (including phenoxy) is 4. The Balaban J connectivity index is 2.49. The van der Waals surface area contributed by atoms with E-state index in [4.69, 9.17) is 29.9 Å². The van der Waals surface area contributed by atoms with Crippen molar-refractivity contribution in [2.24, 2.45) is 5.73 Å². The lowest BCUT2D eigenvalue weighted by Crippen LogP contribution is -2.40. The van der Waals surface area contributed by atoms with Crippen molar-refractivity contribution in [3.05, 3.63) is 11.4 Å². The van der Waals surface area contributed by atoms with Gasteiger partial charge in [-0.1, -0.05) is 5.21 Å². The molecule has 0 bridgehead atoms. The number of nitriles is 1. The van der Waals surface area contributed by atoms with E-state index >= 15 is 0 Å². The van der Waals surface area contributed by atoms with Crippen molar-refractivity contribution in [1.29, 1.82) is 5.26 Å². The summed E-state index contributed by atoms with van der Waals surface area (Å²) in [6.07, 6.45) is -4.93. The van der Waals surface area contributed by atoms with E-state index in [-0.39, 0.29) is 24.4 Å². The third kappa shape index (κ3) is 5.05. The highest BCUT2D eigenvalue weighted by atomic mass is 16.7. The molecule has 2 rings (SSSR count). The number of carbonyl (C=O) groups is 4. The second-order valence-electron chi connectivity index (χ2n) is 6.04. The van der Waals surface area contributed by atoms with Crippen LogP contribution in [0.5, 0.6) is 0 Å². The lowest BCUT2D eigenvalue weighted by molar-refractivity contribution is -0.166. The predicted octanol–water partition coefficient (Wildman–Crippen LogP) is -1.23. The molecule has 156 valence electrons. The van der Waals surface area contributed by atoms with Gasteiger partial charge in [-0.2, -0.15) is 5.26 Å². The van der Waals surface area contributed by atoms with Gasteiger partial charge in [0, 0.05) is 20.8 Å². The summed E-state index contributed by atoms with van der Waals surface area (Å²) in [5, 5.41) is 16.5. The number of hydrogen-bond donors (Lipinski definition) is 1. The first kappa shape index (κ1) is 21.8. The van der Waals surface area contributed by atoms with Gasteiger partial charge in [0.05, 0.1) is 18.2 Å². The summed E-state index contributed by atoms with van der Waals surface area (Å²) < 4.78 is 22.2. The zero-order valence-corrected chi connectivity index (χ0v) is 15.9. The van der Waals surface area contributed by atoms with Crippen LogP contribution in [-0.4, -0.2) is 63.7 Å². The Hall–Kier alpha value is -3.53. The van der Waals surface area contributed by atoms with Crippen molar-refractivity contribution in [2.45, 2.75) is 51.7 Å². The van der Waals surface area contributed by atoms with Crippen LogP contribution in [0.3, 0.4) is 0 Å². The molecule has 1 aliphatic rings. The quantitative estimate of drug-likeness (QED) is 0.419. The van der Waals surface area contributed by atoms with Gasteiger partial charge in [0.2, 0.25) is 0 Å². The lowest BCUT2D eigenvalue weighted by Gasteiger charge is -2.23. The van der Waals surface area contributed by atoms with Crippen molar-refractivity contribution in [2.75, 3.05) is 6.61 Å². The van der Waals surface area contributed by atoms with Gasteiger partial charge in [-0.3, -0.25) is 19.2 Å². The van der Waals surface area contributed by atoms with Crippen molar-refractivity contribution in [1.82, 2.24) is 15.0 Å². The first-order valence-corrected chi connectivity index (χ1v) is 8.39. The molecule has 1 amide bonds. The fourth-order valence-corrected chi connectivity index (χ4v) is 2.84. The molecule has 0 aliphatic carbocycles. The van der Waals surface area contributed by atoms with Gasteiger partial charge in [-0.15, -0.1) is 5.10 Å². The number of hydrogen-bond acceptors (Lipinski definition) is 11. The summed E-state index contributed by atoms with van der Waals surface area (Å²) >= 11 is 0. The summed E-state index contributed by atoms with van der Waals surface area (Å²) in [6, 6.07) is 1.85. The van der Waals surface area contributed by atoms with Crippen LogP contribution in [0.2, 0.25) is 0 Å². The highest BCUT2D eigenvalue weighted by Crippen LogP contribution is 2.35. The Morgan fingerprint density at radius 2 is 1.76 bits per heavy atom. The second kappa shape index (κ2) is 9.11. The van der Waals surface area contributed by atoms with Crippen molar-refractivity contribution >= 4 is 23.8 Å². The van der Waals surface area contributed by atoms with E-state index in [2.05, 4.69) is 10.3 Å². The average molecular weight is 409 g/mol. The van der Waals surface area contributed by atoms with Crippen LogP contribution in [0.25, 0.3) is 0 Å². The zero-order chi connectivity index (χ0) is 21.7. The maximum Gasteiger partial charge on any atom is 0.303 e. The number of aromatic nitrogens is 3. The monoisotopic (exact) mass is 409 g/mol. The fraction of sp³-hybridized carbons (Fsp3) is 0.562. The molecule has 0 aromatic carbocycles. The minimum Gasteiger partial charge on any atom is -0.463 e. The van der Waals surface area contributed by atoms with Gasteiger partial charge in [0.25, 0.3) is 5.91 Å². The van der Waals surface area contributed by atoms with Crippen LogP contribution in [0.15, 0.2) is 0 Å². The van der Waals surface area contributed by atoms with E-state index in [0.717, 1.165) is 18.5 Å². The van der Waals surface area contributed by atoms with Crippen molar-refractivity contribution in [3.63, 3.8) is 0 Å². The van der Waals surface area contributed by atoms with Crippen LogP contribution in [0.1, 0.15) is 43.2 Å². The molecule has 1 aliphatic heterocycles. The minimum absolute atomic E-state index is 0.0249. The molecule has 1 aromatic heterocycles. The molecule has 13 nitrogen and oxygen atoms in total. The zero-order valence-electron chi connectivity index (χ0n) is 15.9. The topological polar surface area (TPSA) is 186 Å². The molecule has 1 saturated heterocycles. The highest BCUT2D eigenvalue weighted by molar-refractivity contribution is 5.91. The molecule has 4 atom stereocenters. The molecule has 2 N–H and O–H groups in total. The summed E-state index contributed by atoms with van der Waals surface area (Å²) in [5.74, 6) is -2.94. The van der Waals surface area contributed by atoms with Gasteiger partial charge in [0.1, 0.15) is 12.7 Å². The fourth-order valence-electron chi connectivity index (χ4n) is 2.84. The van der Waals surface area contributed by atoms with Crippen LogP contribution < -0.4 is 5.73 Å². The molecule has 1 aromatic rings. The molecule has 0 radical (unpaired) electrons. The highest BCUT2D eigenvalue weighted by Gasteiger charge is 2.51. The van der Waals surface area contributed by atoms with Crippen LogP contribution >= 0.6 is 0 Å². The first-order chi connectivity index (χ1) is 13.6. The van der Waals surface area contributed by atoms with Gasteiger partial charge in [-0.05, 0) is 0 Å². The normalized spacial score (nSPS) is 23.1. The van der Waals surface area contributed by atoms with Gasteiger partial charge in [-0.25, -0.2) is 4.68 Å². The molecular formula is C16H19N5O8. The van der Waals surface area contributed by atoms with Crippen LogP contribution in [0, 0.1) is 11.3 Å².